The van der Waals surface area contributed by atoms with E-state index in [2.05, 4.69) is 5.10 Å². The third-order valence-corrected chi connectivity index (χ3v) is 4.21. The fourth-order valence-corrected chi connectivity index (χ4v) is 3.03. The number of aryl methyl sites for hydroxylation is 1. The minimum atomic E-state index is -2.52. The smallest absolute Gasteiger partial charge is 0.274 e. The van der Waals surface area contributed by atoms with Gasteiger partial charge in [-0.15, -0.1) is 0 Å². The summed E-state index contributed by atoms with van der Waals surface area (Å²) in [5, 5.41) is 4.33. The van der Waals surface area contributed by atoms with Gasteiger partial charge in [0.2, 0.25) is 0 Å². The molecule has 23 heavy (non-hydrogen) atoms. The van der Waals surface area contributed by atoms with Crippen LogP contribution in [0.5, 0.6) is 0 Å². The first-order valence-electron chi connectivity index (χ1n) is 7.79. The molecule has 1 atom stereocenters. The molecule has 2 aromatic rings. The second-order valence-corrected chi connectivity index (χ2v) is 5.81. The van der Waals surface area contributed by atoms with E-state index in [-0.39, 0.29) is 5.69 Å². The fraction of sp³-hybridized carbons (Fsp3) is 0.412. The minimum absolute atomic E-state index is 0.221. The normalized spacial score (nSPS) is 18.4. The highest BCUT2D eigenvalue weighted by atomic mass is 19.3. The van der Waals surface area contributed by atoms with Gasteiger partial charge < -0.3 is 4.90 Å². The number of nitrogens with zero attached hydrogens (tertiary/aromatic N) is 3. The van der Waals surface area contributed by atoms with Crippen molar-refractivity contribution < 1.29 is 13.6 Å². The summed E-state index contributed by atoms with van der Waals surface area (Å²) in [5.41, 5.74) is 1.86. The monoisotopic (exact) mass is 319 g/mol. The molecule has 1 aromatic heterocycles. The molecule has 1 amide bonds. The van der Waals surface area contributed by atoms with Crippen LogP contribution in [0.4, 0.5) is 8.78 Å². The van der Waals surface area contributed by atoms with Crippen LogP contribution < -0.4 is 0 Å². The molecule has 6 heteroatoms. The third-order valence-electron chi connectivity index (χ3n) is 4.21. The van der Waals surface area contributed by atoms with E-state index in [4.69, 9.17) is 0 Å². The van der Waals surface area contributed by atoms with Gasteiger partial charge in [-0.05, 0) is 44.4 Å². The number of amides is 1. The van der Waals surface area contributed by atoms with E-state index < -0.39 is 18.4 Å². The number of rotatable bonds is 3. The molecule has 0 aliphatic carbocycles. The van der Waals surface area contributed by atoms with E-state index in [1.54, 1.807) is 10.7 Å². The summed E-state index contributed by atoms with van der Waals surface area (Å²) in [6.45, 7) is 2.21. The van der Waals surface area contributed by atoms with Gasteiger partial charge in [0.1, 0.15) is 0 Å². The molecule has 1 aliphatic heterocycles. The molecule has 0 unspecified atom stereocenters. The predicted octanol–water partition coefficient (Wildman–Crippen LogP) is 3.44. The zero-order valence-corrected chi connectivity index (χ0v) is 13.0. The zero-order valence-electron chi connectivity index (χ0n) is 13.0. The van der Waals surface area contributed by atoms with Gasteiger partial charge >= 0.3 is 0 Å². The van der Waals surface area contributed by atoms with Crippen molar-refractivity contribution in [2.24, 2.45) is 0 Å². The molecule has 1 aliphatic rings. The molecule has 3 rings (SSSR count). The number of hydrogen-bond donors (Lipinski definition) is 0. The van der Waals surface area contributed by atoms with Crippen LogP contribution in [0.2, 0.25) is 0 Å². The number of alkyl halides is 2. The van der Waals surface area contributed by atoms with Crippen LogP contribution >= 0.6 is 0 Å². The van der Waals surface area contributed by atoms with E-state index >= 15 is 0 Å². The second-order valence-electron chi connectivity index (χ2n) is 5.81. The van der Waals surface area contributed by atoms with Gasteiger partial charge in [-0.3, -0.25) is 4.79 Å². The summed E-state index contributed by atoms with van der Waals surface area (Å²) >= 11 is 0. The van der Waals surface area contributed by atoms with Gasteiger partial charge in [0.15, 0.2) is 5.69 Å². The molecule has 0 bridgehead atoms. The number of para-hydroxylation sites is 1. The van der Waals surface area contributed by atoms with Crippen molar-refractivity contribution in [2.45, 2.75) is 38.7 Å². The number of hydrogen-bond acceptors (Lipinski definition) is 2. The highest BCUT2D eigenvalue weighted by molar-refractivity contribution is 5.92. The van der Waals surface area contributed by atoms with E-state index in [0.717, 1.165) is 24.2 Å². The Morgan fingerprint density at radius 3 is 2.70 bits per heavy atom. The van der Waals surface area contributed by atoms with Crippen LogP contribution in [0.3, 0.4) is 0 Å². The molecular formula is C17H19F2N3O. The van der Waals surface area contributed by atoms with Crippen LogP contribution in [0.25, 0.3) is 5.69 Å². The lowest BCUT2D eigenvalue weighted by Crippen LogP contribution is -2.47. The number of carbonyl (C=O) groups excluding carboxylic acids is 1. The Morgan fingerprint density at radius 1 is 1.26 bits per heavy atom. The SMILES string of the molecule is Cc1cc(C(=O)N2CCCC[C@@H]2C(F)F)nn1-c1ccccc1. The van der Waals surface area contributed by atoms with Crippen molar-refractivity contribution in [3.8, 4) is 5.69 Å². The molecular weight excluding hydrogens is 300 g/mol. The fourth-order valence-electron chi connectivity index (χ4n) is 3.03. The van der Waals surface area contributed by atoms with Crippen LogP contribution in [0, 0.1) is 6.92 Å². The first kappa shape index (κ1) is 15.6. The van der Waals surface area contributed by atoms with Gasteiger partial charge in [0.05, 0.1) is 11.7 Å². The lowest BCUT2D eigenvalue weighted by Gasteiger charge is -2.34. The van der Waals surface area contributed by atoms with Crippen LogP contribution in [-0.4, -0.2) is 39.6 Å². The molecule has 1 aromatic carbocycles. The van der Waals surface area contributed by atoms with E-state index in [9.17, 15) is 13.6 Å². The lowest BCUT2D eigenvalue weighted by molar-refractivity contribution is 0.00648. The van der Waals surface area contributed by atoms with Gasteiger partial charge in [-0.1, -0.05) is 18.2 Å². The molecule has 4 nitrogen and oxygen atoms in total. The maximum absolute atomic E-state index is 13.2. The summed E-state index contributed by atoms with van der Waals surface area (Å²) in [4.78, 5) is 13.9. The lowest BCUT2D eigenvalue weighted by atomic mass is 10.0. The molecule has 2 heterocycles. The second kappa shape index (κ2) is 6.48. The van der Waals surface area contributed by atoms with Crippen molar-refractivity contribution >= 4 is 5.91 Å². The topological polar surface area (TPSA) is 38.1 Å². The van der Waals surface area contributed by atoms with Crippen molar-refractivity contribution in [1.82, 2.24) is 14.7 Å². The predicted molar refractivity (Wildman–Crippen MR) is 83.0 cm³/mol. The third kappa shape index (κ3) is 3.11. The Balaban J connectivity index is 1.88. The van der Waals surface area contributed by atoms with Crippen LogP contribution in [0.1, 0.15) is 35.4 Å². The molecule has 0 spiro atoms. The summed E-state index contributed by atoms with van der Waals surface area (Å²) in [7, 11) is 0. The Kier molecular flexibility index (Phi) is 4.41. The molecule has 0 saturated carbocycles. The van der Waals surface area contributed by atoms with Gasteiger partial charge in [-0.2, -0.15) is 5.10 Å². The van der Waals surface area contributed by atoms with Crippen molar-refractivity contribution in [3.63, 3.8) is 0 Å². The number of benzene rings is 1. The Morgan fingerprint density at radius 2 is 2.00 bits per heavy atom. The molecule has 0 radical (unpaired) electrons. The summed E-state index contributed by atoms with van der Waals surface area (Å²) in [5.74, 6) is -0.409. The van der Waals surface area contributed by atoms with Crippen molar-refractivity contribution in [1.29, 1.82) is 0 Å². The summed E-state index contributed by atoms with van der Waals surface area (Å²) in [6.07, 6.45) is -0.678. The average molecular weight is 319 g/mol. The largest absolute Gasteiger partial charge is 0.329 e. The van der Waals surface area contributed by atoms with Crippen molar-refractivity contribution in [3.05, 3.63) is 47.8 Å². The van der Waals surface area contributed by atoms with Gasteiger partial charge in [0, 0.05) is 12.2 Å². The maximum Gasteiger partial charge on any atom is 0.274 e. The number of aromatic nitrogens is 2. The van der Waals surface area contributed by atoms with Crippen LogP contribution in [0.15, 0.2) is 36.4 Å². The maximum atomic E-state index is 13.2. The van der Waals surface area contributed by atoms with E-state index in [0.29, 0.717) is 13.0 Å². The van der Waals surface area contributed by atoms with Crippen LogP contribution in [-0.2, 0) is 0 Å². The van der Waals surface area contributed by atoms with E-state index in [1.807, 2.05) is 37.3 Å². The average Bonchev–Trinajstić information content (AvgIpc) is 2.97. The van der Waals surface area contributed by atoms with Gasteiger partial charge in [0.25, 0.3) is 12.3 Å². The van der Waals surface area contributed by atoms with Crippen molar-refractivity contribution in [2.75, 3.05) is 6.54 Å². The van der Waals surface area contributed by atoms with Gasteiger partial charge in [-0.25, -0.2) is 13.5 Å². The number of piperidine rings is 1. The summed E-state index contributed by atoms with van der Waals surface area (Å²) < 4.78 is 28.0. The highest BCUT2D eigenvalue weighted by Gasteiger charge is 2.34. The highest BCUT2D eigenvalue weighted by Crippen LogP contribution is 2.24. The standard InChI is InChI=1S/C17H19F2N3O/c1-12-11-14(20-22(12)13-7-3-2-4-8-13)17(23)21-10-6-5-9-15(21)16(18)19/h2-4,7-8,11,15-16H,5-6,9-10H2,1H3/t15-/m1/s1. The Hall–Kier alpha value is -2.24. The first-order valence-corrected chi connectivity index (χ1v) is 7.79. The molecule has 1 saturated heterocycles. The number of carbonyl (C=O) groups is 1. The molecule has 122 valence electrons. The quantitative estimate of drug-likeness (QED) is 0.869. The van der Waals surface area contributed by atoms with E-state index in [1.165, 1.54) is 4.90 Å². The summed E-state index contributed by atoms with van der Waals surface area (Å²) in [6, 6.07) is 10.1. The zero-order chi connectivity index (χ0) is 16.4. The Labute approximate surface area is 133 Å². The number of halogens is 2. The molecule has 1 fully saturated rings. The Bertz CT molecular complexity index is 684. The minimum Gasteiger partial charge on any atom is -0.329 e. The molecule has 0 N–H and O–H groups in total. The first-order chi connectivity index (χ1) is 11.1. The number of likely N-dealkylation sites (tertiary alicyclic amines) is 1.